The summed E-state index contributed by atoms with van der Waals surface area (Å²) < 4.78 is 0. The largest absolute Gasteiger partial charge is 0.380 e. The van der Waals surface area contributed by atoms with E-state index in [0.29, 0.717) is 6.04 Å². The third kappa shape index (κ3) is 1.89. The molecule has 0 saturated carbocycles. The zero-order valence-electron chi connectivity index (χ0n) is 8.66. The molecule has 3 heteroatoms. The number of anilines is 1. The van der Waals surface area contributed by atoms with Gasteiger partial charge in [-0.25, -0.2) is 0 Å². The summed E-state index contributed by atoms with van der Waals surface area (Å²) in [4.78, 5) is 5.10. The van der Waals surface area contributed by atoms with Crippen LogP contribution in [0.2, 0.25) is 0 Å². The summed E-state index contributed by atoms with van der Waals surface area (Å²) in [5, 5.41) is 5.33. The first-order valence-electron chi connectivity index (χ1n) is 4.89. The van der Waals surface area contributed by atoms with Crippen molar-refractivity contribution < 1.29 is 4.84 Å². The Morgan fingerprint density at radius 2 is 2.29 bits per heavy atom. The van der Waals surface area contributed by atoms with Gasteiger partial charge >= 0.3 is 0 Å². The van der Waals surface area contributed by atoms with Crippen molar-refractivity contribution in [3.63, 3.8) is 0 Å². The van der Waals surface area contributed by atoms with Crippen LogP contribution < -0.4 is 5.32 Å². The maximum absolute atomic E-state index is 5.10. The molecule has 1 atom stereocenters. The van der Waals surface area contributed by atoms with Crippen molar-refractivity contribution >= 4 is 5.69 Å². The quantitative estimate of drug-likeness (QED) is 0.735. The predicted molar refractivity (Wildman–Crippen MR) is 57.2 cm³/mol. The number of para-hydroxylation sites is 1. The lowest BCUT2D eigenvalue weighted by Gasteiger charge is -2.18. The number of rotatable bonds is 3. The molecule has 0 aromatic heterocycles. The summed E-state index contributed by atoms with van der Waals surface area (Å²) in [6.45, 7) is 0.908. The van der Waals surface area contributed by atoms with Crippen LogP contribution in [0.1, 0.15) is 5.56 Å². The fourth-order valence-electron chi connectivity index (χ4n) is 1.87. The Balaban J connectivity index is 1.98. The molecule has 1 heterocycles. The molecule has 0 bridgehead atoms. The van der Waals surface area contributed by atoms with Crippen molar-refractivity contribution in [1.82, 2.24) is 5.06 Å². The van der Waals surface area contributed by atoms with Gasteiger partial charge in [-0.15, -0.1) is 0 Å². The van der Waals surface area contributed by atoms with Gasteiger partial charge in [0, 0.05) is 25.3 Å². The van der Waals surface area contributed by atoms with Crippen molar-refractivity contribution in [2.45, 2.75) is 12.5 Å². The zero-order chi connectivity index (χ0) is 9.97. The second-order valence-electron chi connectivity index (χ2n) is 3.70. The molecule has 1 aliphatic heterocycles. The Bertz CT molecular complexity index is 289. The number of hydrogen-bond acceptors (Lipinski definition) is 3. The van der Waals surface area contributed by atoms with Gasteiger partial charge in [-0.3, -0.25) is 0 Å². The van der Waals surface area contributed by atoms with Crippen LogP contribution in [0.4, 0.5) is 5.69 Å². The van der Waals surface area contributed by atoms with Crippen molar-refractivity contribution in [2.75, 3.05) is 26.0 Å². The van der Waals surface area contributed by atoms with Gasteiger partial charge in [0.15, 0.2) is 0 Å². The average molecular weight is 192 g/mol. The Labute approximate surface area is 84.6 Å². The number of likely N-dealkylation sites (N-methyl/N-ethyl adjacent to an activating group) is 1. The first-order valence-corrected chi connectivity index (χ1v) is 4.89. The van der Waals surface area contributed by atoms with E-state index in [9.17, 15) is 0 Å². The lowest BCUT2D eigenvalue weighted by Crippen LogP contribution is -2.32. The lowest BCUT2D eigenvalue weighted by molar-refractivity contribution is -0.110. The molecule has 0 amide bonds. The van der Waals surface area contributed by atoms with Gasteiger partial charge in [-0.05, 0) is 18.1 Å². The first-order chi connectivity index (χ1) is 6.79. The molecule has 0 fully saturated rings. The minimum Gasteiger partial charge on any atom is -0.380 e. The number of nitrogens with zero attached hydrogens (tertiary/aromatic N) is 1. The van der Waals surface area contributed by atoms with E-state index >= 15 is 0 Å². The minimum atomic E-state index is 0.470. The minimum absolute atomic E-state index is 0.470. The second-order valence-corrected chi connectivity index (χ2v) is 3.70. The van der Waals surface area contributed by atoms with Crippen LogP contribution in [-0.4, -0.2) is 31.8 Å². The van der Waals surface area contributed by atoms with Crippen LogP contribution in [-0.2, 0) is 11.3 Å². The molecule has 76 valence electrons. The summed E-state index contributed by atoms with van der Waals surface area (Å²) in [5.41, 5.74) is 2.67. The van der Waals surface area contributed by atoms with Crippen LogP contribution >= 0.6 is 0 Å². The Morgan fingerprint density at radius 1 is 1.50 bits per heavy atom. The van der Waals surface area contributed by atoms with Gasteiger partial charge in [-0.1, -0.05) is 18.2 Å². The standard InChI is InChI=1S/C11H16N2O/c1-13(14-2)8-10-7-9-5-3-4-6-11(9)12-10/h3-6,10,12H,7-8H2,1-2H3/t10-/m0/s1. The third-order valence-electron chi connectivity index (χ3n) is 2.63. The molecule has 14 heavy (non-hydrogen) atoms. The number of hydroxylamine groups is 2. The van der Waals surface area contributed by atoms with Crippen LogP contribution in [0.15, 0.2) is 24.3 Å². The SMILES string of the molecule is CON(C)C[C@@H]1Cc2ccccc2N1. The molecule has 0 radical (unpaired) electrons. The molecule has 0 spiro atoms. The van der Waals surface area contributed by atoms with Crippen molar-refractivity contribution in [1.29, 1.82) is 0 Å². The van der Waals surface area contributed by atoms with Crippen LogP contribution in [0, 0.1) is 0 Å². The van der Waals surface area contributed by atoms with E-state index < -0.39 is 0 Å². The first kappa shape index (κ1) is 9.49. The van der Waals surface area contributed by atoms with E-state index in [1.807, 2.05) is 12.1 Å². The van der Waals surface area contributed by atoms with E-state index in [0.717, 1.165) is 13.0 Å². The van der Waals surface area contributed by atoms with Gasteiger partial charge in [0.2, 0.25) is 0 Å². The van der Waals surface area contributed by atoms with Crippen molar-refractivity contribution in [3.8, 4) is 0 Å². The molecule has 0 saturated heterocycles. The van der Waals surface area contributed by atoms with E-state index in [1.54, 1.807) is 7.11 Å². The van der Waals surface area contributed by atoms with Crippen molar-refractivity contribution in [2.24, 2.45) is 0 Å². The van der Waals surface area contributed by atoms with E-state index in [-0.39, 0.29) is 0 Å². The summed E-state index contributed by atoms with van der Waals surface area (Å²) in [6, 6.07) is 8.92. The maximum Gasteiger partial charge on any atom is 0.0575 e. The van der Waals surface area contributed by atoms with Crippen LogP contribution in [0.5, 0.6) is 0 Å². The molecular weight excluding hydrogens is 176 g/mol. The van der Waals surface area contributed by atoms with Crippen LogP contribution in [0.3, 0.4) is 0 Å². The van der Waals surface area contributed by atoms with E-state index in [2.05, 4.69) is 29.6 Å². The molecule has 1 aromatic rings. The predicted octanol–water partition coefficient (Wildman–Crippen LogP) is 1.52. The monoisotopic (exact) mass is 192 g/mol. The van der Waals surface area contributed by atoms with Gasteiger partial charge in [0.1, 0.15) is 0 Å². The second kappa shape index (κ2) is 3.98. The summed E-state index contributed by atoms with van der Waals surface area (Å²) >= 11 is 0. The summed E-state index contributed by atoms with van der Waals surface area (Å²) in [6.07, 6.45) is 1.09. The number of nitrogens with one attached hydrogen (secondary N) is 1. The third-order valence-corrected chi connectivity index (χ3v) is 2.63. The normalized spacial score (nSPS) is 19.5. The highest BCUT2D eigenvalue weighted by molar-refractivity contribution is 5.56. The van der Waals surface area contributed by atoms with Crippen molar-refractivity contribution in [3.05, 3.63) is 29.8 Å². The Morgan fingerprint density at radius 3 is 3.00 bits per heavy atom. The molecule has 2 rings (SSSR count). The molecule has 3 nitrogen and oxygen atoms in total. The number of benzene rings is 1. The topological polar surface area (TPSA) is 24.5 Å². The molecule has 1 N–H and O–H groups in total. The molecule has 1 aromatic carbocycles. The van der Waals surface area contributed by atoms with Gasteiger partial charge in [0.05, 0.1) is 7.11 Å². The fourth-order valence-corrected chi connectivity index (χ4v) is 1.87. The van der Waals surface area contributed by atoms with Crippen LogP contribution in [0.25, 0.3) is 0 Å². The highest BCUT2D eigenvalue weighted by Gasteiger charge is 2.20. The average Bonchev–Trinajstić information content (AvgIpc) is 2.59. The molecular formula is C11H16N2O. The van der Waals surface area contributed by atoms with Gasteiger partial charge in [0.25, 0.3) is 0 Å². The summed E-state index contributed by atoms with van der Waals surface area (Å²) in [7, 11) is 3.65. The fraction of sp³-hybridized carbons (Fsp3) is 0.455. The number of fused-ring (bicyclic) bond motifs is 1. The molecule has 1 aliphatic rings. The Hall–Kier alpha value is -1.06. The van der Waals surface area contributed by atoms with Gasteiger partial charge < -0.3 is 10.2 Å². The Kier molecular flexibility index (Phi) is 2.70. The smallest absolute Gasteiger partial charge is 0.0575 e. The molecule has 0 aliphatic carbocycles. The summed E-state index contributed by atoms with van der Waals surface area (Å²) in [5.74, 6) is 0. The van der Waals surface area contributed by atoms with E-state index in [4.69, 9.17) is 4.84 Å². The highest BCUT2D eigenvalue weighted by Crippen LogP contribution is 2.25. The maximum atomic E-state index is 5.10. The van der Waals surface area contributed by atoms with Gasteiger partial charge in [-0.2, -0.15) is 5.06 Å². The number of hydrogen-bond donors (Lipinski definition) is 1. The zero-order valence-corrected chi connectivity index (χ0v) is 8.66. The highest BCUT2D eigenvalue weighted by atomic mass is 16.7. The molecule has 0 unspecified atom stereocenters. The van der Waals surface area contributed by atoms with E-state index in [1.165, 1.54) is 11.3 Å². The lowest BCUT2D eigenvalue weighted by atomic mass is 10.1.